The highest BCUT2D eigenvalue weighted by molar-refractivity contribution is 6.07. The van der Waals surface area contributed by atoms with E-state index in [0.29, 0.717) is 31.9 Å². The van der Waals surface area contributed by atoms with Gasteiger partial charge >= 0.3 is 0 Å². The number of carbonyl (C=O) groups excluding carboxylic acids is 2. The van der Waals surface area contributed by atoms with E-state index in [2.05, 4.69) is 4.90 Å². The van der Waals surface area contributed by atoms with E-state index in [1.807, 2.05) is 54.6 Å². The van der Waals surface area contributed by atoms with Crippen molar-refractivity contribution in [3.8, 4) is 0 Å². The number of para-hydroxylation sites is 1. The van der Waals surface area contributed by atoms with Gasteiger partial charge in [-0.15, -0.1) is 0 Å². The molecule has 2 aromatic carbocycles. The predicted molar refractivity (Wildman–Crippen MR) is 116 cm³/mol. The zero-order chi connectivity index (χ0) is 21.4. The van der Waals surface area contributed by atoms with E-state index >= 15 is 0 Å². The van der Waals surface area contributed by atoms with Crippen LogP contribution in [0.2, 0.25) is 0 Å². The molecule has 2 fully saturated rings. The Kier molecular flexibility index (Phi) is 5.48. The number of likely N-dealkylation sites (tertiary alicyclic amines) is 1. The van der Waals surface area contributed by atoms with Gasteiger partial charge in [0.1, 0.15) is 0 Å². The molecule has 31 heavy (non-hydrogen) atoms. The van der Waals surface area contributed by atoms with Crippen LogP contribution in [0, 0.1) is 0 Å². The summed E-state index contributed by atoms with van der Waals surface area (Å²) in [4.78, 5) is 32.2. The molecule has 5 rings (SSSR count). The summed E-state index contributed by atoms with van der Waals surface area (Å²) in [6.45, 7) is 3.40. The third-order valence-corrected chi connectivity index (χ3v) is 6.70. The maximum absolute atomic E-state index is 13.3. The number of ether oxygens (including phenoxy) is 1. The third-order valence-electron chi connectivity index (χ3n) is 6.70. The quantitative estimate of drug-likeness (QED) is 0.807. The zero-order valence-corrected chi connectivity index (χ0v) is 17.4. The van der Waals surface area contributed by atoms with E-state index in [4.69, 9.17) is 4.74 Å². The molecule has 0 saturated carbocycles. The summed E-state index contributed by atoms with van der Waals surface area (Å²) in [5.41, 5.74) is 2.52. The van der Waals surface area contributed by atoms with E-state index in [0.717, 1.165) is 24.3 Å². The zero-order valence-electron chi connectivity index (χ0n) is 17.4. The summed E-state index contributed by atoms with van der Waals surface area (Å²) < 4.78 is 5.38. The Morgan fingerprint density at radius 3 is 2.45 bits per heavy atom. The van der Waals surface area contributed by atoms with Gasteiger partial charge in [0.25, 0.3) is 5.91 Å². The van der Waals surface area contributed by atoms with Gasteiger partial charge in [0.15, 0.2) is 0 Å². The van der Waals surface area contributed by atoms with E-state index in [-0.39, 0.29) is 36.4 Å². The average molecular weight is 421 g/mol. The molecule has 3 heterocycles. The molecule has 0 aromatic heterocycles. The van der Waals surface area contributed by atoms with E-state index < -0.39 is 0 Å². The van der Waals surface area contributed by atoms with E-state index in [9.17, 15) is 14.7 Å². The lowest BCUT2D eigenvalue weighted by Gasteiger charge is -2.59. The summed E-state index contributed by atoms with van der Waals surface area (Å²) in [6, 6.07) is 16.7. The smallest absolute Gasteiger partial charge is 0.258 e. The van der Waals surface area contributed by atoms with Crippen LogP contribution >= 0.6 is 0 Å². The molecule has 0 bridgehead atoms. The number of morpholine rings is 1. The second-order valence-electron chi connectivity index (χ2n) is 8.37. The van der Waals surface area contributed by atoms with Crippen molar-refractivity contribution in [2.24, 2.45) is 0 Å². The van der Waals surface area contributed by atoms with Crippen molar-refractivity contribution in [2.45, 2.75) is 18.0 Å². The van der Waals surface area contributed by atoms with Crippen LogP contribution in [0.5, 0.6) is 0 Å². The lowest BCUT2D eigenvalue weighted by molar-refractivity contribution is -0.152. The fraction of sp³-hybridized carbons (Fsp3) is 0.417. The van der Waals surface area contributed by atoms with Gasteiger partial charge < -0.3 is 19.6 Å². The maximum Gasteiger partial charge on any atom is 0.258 e. The fourth-order valence-electron chi connectivity index (χ4n) is 5.20. The van der Waals surface area contributed by atoms with E-state index in [1.165, 1.54) is 0 Å². The topological polar surface area (TPSA) is 73.3 Å². The maximum atomic E-state index is 13.3. The first kappa shape index (κ1) is 20.2. The molecule has 0 spiro atoms. The first-order valence-electron chi connectivity index (χ1n) is 10.9. The van der Waals surface area contributed by atoms with Gasteiger partial charge in [0.05, 0.1) is 38.4 Å². The van der Waals surface area contributed by atoms with Gasteiger partial charge in [0, 0.05) is 36.8 Å². The molecule has 162 valence electrons. The standard InChI is InChI=1S/C24H27N3O4/c28-16-21-23-18-8-4-5-9-19(18)26(24(30)17-6-2-1-3-7-17)14-20(23)27(21)22(29)15-25-10-12-31-13-11-25/h1-9,20-21,23,28H,10-16H2/t20-,21-,23+/m1/s1. The van der Waals surface area contributed by atoms with Crippen LogP contribution in [0.3, 0.4) is 0 Å². The number of benzene rings is 2. The normalized spacial score (nSPS) is 25.4. The Morgan fingerprint density at radius 1 is 1.00 bits per heavy atom. The Labute approximate surface area is 181 Å². The molecule has 0 radical (unpaired) electrons. The van der Waals surface area contributed by atoms with Crippen molar-refractivity contribution >= 4 is 17.5 Å². The number of rotatable bonds is 4. The lowest BCUT2D eigenvalue weighted by atomic mass is 9.71. The minimum atomic E-state index is -0.256. The van der Waals surface area contributed by atoms with Crippen LogP contribution in [0.1, 0.15) is 21.8 Å². The minimum Gasteiger partial charge on any atom is -0.394 e. The number of hydrogen-bond acceptors (Lipinski definition) is 5. The summed E-state index contributed by atoms with van der Waals surface area (Å²) >= 11 is 0. The van der Waals surface area contributed by atoms with Gasteiger partial charge in [-0.05, 0) is 23.8 Å². The highest BCUT2D eigenvalue weighted by Gasteiger charge is 2.55. The molecule has 3 aliphatic heterocycles. The molecule has 2 aromatic rings. The van der Waals surface area contributed by atoms with Crippen LogP contribution in [0.25, 0.3) is 0 Å². The van der Waals surface area contributed by atoms with Gasteiger partial charge in [-0.2, -0.15) is 0 Å². The monoisotopic (exact) mass is 421 g/mol. The molecule has 2 saturated heterocycles. The van der Waals surface area contributed by atoms with Crippen molar-refractivity contribution in [3.63, 3.8) is 0 Å². The van der Waals surface area contributed by atoms with Crippen LogP contribution < -0.4 is 4.90 Å². The number of amides is 2. The molecule has 0 aliphatic carbocycles. The largest absolute Gasteiger partial charge is 0.394 e. The molecule has 3 aliphatic rings. The molecule has 7 heteroatoms. The van der Waals surface area contributed by atoms with Gasteiger partial charge in [-0.1, -0.05) is 36.4 Å². The molecular formula is C24H27N3O4. The Hall–Kier alpha value is -2.74. The molecule has 7 nitrogen and oxygen atoms in total. The number of nitrogens with zero attached hydrogens (tertiary/aromatic N) is 3. The molecule has 1 N–H and O–H groups in total. The summed E-state index contributed by atoms with van der Waals surface area (Å²) in [7, 11) is 0. The summed E-state index contributed by atoms with van der Waals surface area (Å²) in [5, 5.41) is 10.1. The molecular weight excluding hydrogens is 394 g/mol. The van der Waals surface area contributed by atoms with Crippen molar-refractivity contribution < 1.29 is 19.4 Å². The van der Waals surface area contributed by atoms with Crippen molar-refractivity contribution in [2.75, 3.05) is 50.9 Å². The second kappa shape index (κ2) is 8.42. The number of anilines is 1. The SMILES string of the molecule is O=C(c1ccccc1)N1C[C@@H]2[C@H](c3ccccc31)[C@@H](CO)N2C(=O)CN1CCOCC1. The number of fused-ring (bicyclic) bond motifs is 3. The average Bonchev–Trinajstić information content (AvgIpc) is 2.80. The molecule has 2 amide bonds. The molecule has 3 atom stereocenters. The Balaban J connectivity index is 1.43. The highest BCUT2D eigenvalue weighted by atomic mass is 16.5. The summed E-state index contributed by atoms with van der Waals surface area (Å²) in [6.07, 6.45) is 0. The van der Waals surface area contributed by atoms with Crippen molar-refractivity contribution in [1.82, 2.24) is 9.80 Å². The van der Waals surface area contributed by atoms with Crippen LogP contribution in [0.15, 0.2) is 54.6 Å². The minimum absolute atomic E-state index is 0.00805. The number of aliphatic hydroxyl groups excluding tert-OH is 1. The lowest BCUT2D eigenvalue weighted by Crippen LogP contribution is -2.71. The van der Waals surface area contributed by atoms with Crippen LogP contribution in [-0.4, -0.2) is 84.8 Å². The first-order valence-corrected chi connectivity index (χ1v) is 10.9. The van der Waals surface area contributed by atoms with Gasteiger partial charge in [-0.25, -0.2) is 0 Å². The van der Waals surface area contributed by atoms with Gasteiger partial charge in [-0.3, -0.25) is 14.5 Å². The Morgan fingerprint density at radius 2 is 1.71 bits per heavy atom. The first-order chi connectivity index (χ1) is 15.2. The van der Waals surface area contributed by atoms with Crippen LogP contribution in [0.4, 0.5) is 5.69 Å². The number of hydrogen-bond donors (Lipinski definition) is 1. The van der Waals surface area contributed by atoms with Crippen molar-refractivity contribution in [3.05, 3.63) is 65.7 Å². The molecule has 0 unspecified atom stereocenters. The highest BCUT2D eigenvalue weighted by Crippen LogP contribution is 2.48. The van der Waals surface area contributed by atoms with Crippen LogP contribution in [-0.2, 0) is 9.53 Å². The fourth-order valence-corrected chi connectivity index (χ4v) is 5.20. The predicted octanol–water partition coefficient (Wildman–Crippen LogP) is 1.33. The third kappa shape index (κ3) is 3.52. The summed E-state index contributed by atoms with van der Waals surface area (Å²) in [5.74, 6) is -0.0251. The Bertz CT molecular complexity index is 960. The number of aliphatic hydroxyl groups is 1. The van der Waals surface area contributed by atoms with E-state index in [1.54, 1.807) is 9.80 Å². The second-order valence-corrected chi connectivity index (χ2v) is 8.37. The van der Waals surface area contributed by atoms with Crippen molar-refractivity contribution in [1.29, 1.82) is 0 Å². The van der Waals surface area contributed by atoms with Gasteiger partial charge in [0.2, 0.25) is 5.91 Å². The number of carbonyl (C=O) groups is 2.